The third-order valence-corrected chi connectivity index (χ3v) is 4.31. The van der Waals surface area contributed by atoms with E-state index in [1.54, 1.807) is 11.8 Å². The summed E-state index contributed by atoms with van der Waals surface area (Å²) in [5, 5.41) is 17.7. The van der Waals surface area contributed by atoms with E-state index < -0.39 is 0 Å². The topological polar surface area (TPSA) is 79.9 Å². The van der Waals surface area contributed by atoms with Crippen LogP contribution in [-0.4, -0.2) is 46.3 Å². The van der Waals surface area contributed by atoms with Crippen molar-refractivity contribution in [3.63, 3.8) is 0 Å². The highest BCUT2D eigenvalue weighted by molar-refractivity contribution is 5.59. The molecule has 120 valence electrons. The zero-order chi connectivity index (χ0) is 16.6. The fraction of sp³-hybridized carbons (Fsp3) is 0.500. The molecule has 1 saturated heterocycles. The van der Waals surface area contributed by atoms with Gasteiger partial charge in [-0.25, -0.2) is 4.98 Å². The van der Waals surface area contributed by atoms with Gasteiger partial charge in [0.05, 0.1) is 23.3 Å². The molecule has 3 rings (SSSR count). The summed E-state index contributed by atoms with van der Waals surface area (Å²) in [4.78, 5) is 6.71. The number of hydrogen-bond acceptors (Lipinski definition) is 6. The van der Waals surface area contributed by atoms with E-state index in [1.807, 2.05) is 33.2 Å². The summed E-state index contributed by atoms with van der Waals surface area (Å²) in [5.74, 6) is 0.848. The van der Waals surface area contributed by atoms with Crippen molar-refractivity contribution in [2.24, 2.45) is 7.05 Å². The maximum atomic E-state index is 9.49. The molecule has 0 aromatic carbocycles. The molecule has 2 aromatic heterocycles. The van der Waals surface area contributed by atoms with Gasteiger partial charge < -0.3 is 9.64 Å². The lowest BCUT2D eigenvalue weighted by Gasteiger charge is -2.20. The number of aryl methyl sites for hydroxylation is 3. The van der Waals surface area contributed by atoms with Gasteiger partial charge in [-0.2, -0.15) is 5.26 Å². The zero-order valence-electron chi connectivity index (χ0n) is 13.8. The third kappa shape index (κ3) is 2.78. The van der Waals surface area contributed by atoms with Gasteiger partial charge in [0.25, 0.3) is 0 Å². The van der Waals surface area contributed by atoms with Crippen molar-refractivity contribution in [3.05, 3.63) is 34.8 Å². The average molecular weight is 312 g/mol. The number of rotatable bonds is 3. The number of nitrogens with zero attached hydrogens (tertiary/aromatic N) is 6. The van der Waals surface area contributed by atoms with Gasteiger partial charge in [-0.3, -0.25) is 4.68 Å². The second-order valence-electron chi connectivity index (χ2n) is 5.99. The van der Waals surface area contributed by atoms with Crippen LogP contribution in [0.25, 0.3) is 0 Å². The maximum absolute atomic E-state index is 9.49. The Morgan fingerprint density at radius 3 is 2.74 bits per heavy atom. The highest BCUT2D eigenvalue weighted by Gasteiger charge is 2.37. The van der Waals surface area contributed by atoms with Crippen LogP contribution >= 0.6 is 0 Å². The van der Waals surface area contributed by atoms with Gasteiger partial charge >= 0.3 is 0 Å². The van der Waals surface area contributed by atoms with Crippen molar-refractivity contribution >= 4 is 5.82 Å². The molecular formula is C16H20N6O. The largest absolute Gasteiger partial charge is 0.379 e. The van der Waals surface area contributed by atoms with E-state index in [0.29, 0.717) is 18.7 Å². The van der Waals surface area contributed by atoms with E-state index in [4.69, 9.17) is 4.74 Å². The number of pyridine rings is 1. The van der Waals surface area contributed by atoms with Crippen molar-refractivity contribution in [1.82, 2.24) is 20.0 Å². The van der Waals surface area contributed by atoms with Crippen LogP contribution in [-0.2, 0) is 11.8 Å². The van der Waals surface area contributed by atoms with Crippen LogP contribution < -0.4 is 4.90 Å². The minimum Gasteiger partial charge on any atom is -0.379 e. The third-order valence-electron chi connectivity index (χ3n) is 4.31. The van der Waals surface area contributed by atoms with Crippen molar-refractivity contribution in [1.29, 1.82) is 5.26 Å². The summed E-state index contributed by atoms with van der Waals surface area (Å²) in [6.07, 6.45) is 1.92. The van der Waals surface area contributed by atoms with Gasteiger partial charge in [0.1, 0.15) is 11.9 Å². The number of anilines is 1. The minimum absolute atomic E-state index is 0.000797. The molecule has 0 aliphatic carbocycles. The van der Waals surface area contributed by atoms with Crippen LogP contribution in [0.15, 0.2) is 12.3 Å². The van der Waals surface area contributed by atoms with E-state index in [-0.39, 0.29) is 12.0 Å². The lowest BCUT2D eigenvalue weighted by molar-refractivity contribution is 0.105. The van der Waals surface area contributed by atoms with Crippen molar-refractivity contribution in [3.8, 4) is 6.07 Å². The molecule has 7 heteroatoms. The molecule has 0 radical (unpaired) electrons. The monoisotopic (exact) mass is 312 g/mol. The van der Waals surface area contributed by atoms with Crippen molar-refractivity contribution in [2.45, 2.75) is 25.9 Å². The normalized spacial score (nSPS) is 20.7. The van der Waals surface area contributed by atoms with Crippen LogP contribution in [0.3, 0.4) is 0 Å². The van der Waals surface area contributed by atoms with Gasteiger partial charge in [-0.15, -0.1) is 5.10 Å². The summed E-state index contributed by atoms with van der Waals surface area (Å²) in [7, 11) is 3.56. The Bertz CT molecular complexity index is 762. The first-order valence-electron chi connectivity index (χ1n) is 7.55. The summed E-state index contributed by atoms with van der Waals surface area (Å²) >= 11 is 0. The van der Waals surface area contributed by atoms with Crippen LogP contribution in [0.1, 0.15) is 28.4 Å². The quantitative estimate of drug-likeness (QED) is 0.850. The summed E-state index contributed by atoms with van der Waals surface area (Å²) in [5.41, 5.74) is 3.40. The molecule has 2 atom stereocenters. The lowest BCUT2D eigenvalue weighted by atomic mass is 10.0. The molecule has 1 aliphatic heterocycles. The van der Waals surface area contributed by atoms with E-state index in [0.717, 1.165) is 22.8 Å². The Hall–Kier alpha value is -2.46. The van der Waals surface area contributed by atoms with Crippen molar-refractivity contribution in [2.75, 3.05) is 25.1 Å². The average Bonchev–Trinajstić information content (AvgIpc) is 3.12. The number of nitriles is 1. The fourth-order valence-electron chi connectivity index (χ4n) is 3.19. The number of hydrogen-bond donors (Lipinski definition) is 0. The Balaban J connectivity index is 1.96. The van der Waals surface area contributed by atoms with Crippen LogP contribution in [0.4, 0.5) is 5.82 Å². The first kappa shape index (κ1) is 15.4. The van der Waals surface area contributed by atoms with Crippen LogP contribution in [0, 0.1) is 25.2 Å². The zero-order valence-corrected chi connectivity index (χ0v) is 13.8. The Morgan fingerprint density at radius 2 is 2.13 bits per heavy atom. The first-order chi connectivity index (χ1) is 11.0. The number of aromatic nitrogens is 4. The predicted molar refractivity (Wildman–Crippen MR) is 85.2 cm³/mol. The molecule has 7 nitrogen and oxygen atoms in total. The first-order valence-corrected chi connectivity index (χ1v) is 7.55. The molecule has 0 spiro atoms. The summed E-state index contributed by atoms with van der Waals surface area (Å²) in [6.45, 7) is 5.28. The summed E-state index contributed by atoms with van der Waals surface area (Å²) < 4.78 is 7.34. The lowest BCUT2D eigenvalue weighted by Crippen LogP contribution is -2.24. The van der Waals surface area contributed by atoms with Gasteiger partial charge in [0, 0.05) is 39.1 Å². The standard InChI is InChI=1S/C16H20N6O/c1-10-5-11(2)18-16(12(10)6-17)22-7-13(15(9-22)23-4)14-8-21(3)20-19-14/h5,8,13,15H,7,9H2,1-4H3/t13-,15+/m0/s1. The molecule has 0 amide bonds. The highest BCUT2D eigenvalue weighted by atomic mass is 16.5. The van der Waals surface area contributed by atoms with E-state index in [9.17, 15) is 5.26 Å². The van der Waals surface area contributed by atoms with E-state index in [1.165, 1.54) is 0 Å². The summed E-state index contributed by atoms with van der Waals surface area (Å²) in [6, 6.07) is 4.22. The highest BCUT2D eigenvalue weighted by Crippen LogP contribution is 2.33. The van der Waals surface area contributed by atoms with Gasteiger partial charge in [0.15, 0.2) is 0 Å². The fourth-order valence-corrected chi connectivity index (χ4v) is 3.19. The molecule has 1 aliphatic rings. The second kappa shape index (κ2) is 5.97. The Morgan fingerprint density at radius 1 is 1.35 bits per heavy atom. The smallest absolute Gasteiger partial charge is 0.147 e. The van der Waals surface area contributed by atoms with Crippen molar-refractivity contribution < 1.29 is 4.74 Å². The number of ether oxygens (including phenoxy) is 1. The molecule has 0 bridgehead atoms. The second-order valence-corrected chi connectivity index (χ2v) is 5.99. The molecular weight excluding hydrogens is 292 g/mol. The van der Waals surface area contributed by atoms with Gasteiger partial charge in [-0.1, -0.05) is 5.21 Å². The Kier molecular flexibility index (Phi) is 4.01. The molecule has 2 aromatic rings. The molecule has 3 heterocycles. The predicted octanol–water partition coefficient (Wildman–Crippen LogP) is 1.32. The maximum Gasteiger partial charge on any atom is 0.147 e. The van der Waals surface area contributed by atoms with E-state index >= 15 is 0 Å². The van der Waals surface area contributed by atoms with Gasteiger partial charge in [-0.05, 0) is 25.5 Å². The molecule has 0 N–H and O–H groups in total. The van der Waals surface area contributed by atoms with Crippen LogP contribution in [0.5, 0.6) is 0 Å². The van der Waals surface area contributed by atoms with Gasteiger partial charge in [0.2, 0.25) is 0 Å². The molecule has 23 heavy (non-hydrogen) atoms. The Labute approximate surface area is 135 Å². The van der Waals surface area contributed by atoms with Crippen LogP contribution in [0.2, 0.25) is 0 Å². The SMILES string of the molecule is CO[C@@H]1CN(c2nc(C)cc(C)c2C#N)C[C@H]1c1cn(C)nn1. The molecule has 0 saturated carbocycles. The van der Waals surface area contributed by atoms with E-state index in [2.05, 4.69) is 26.3 Å². The number of methoxy groups -OCH3 is 1. The molecule has 1 fully saturated rings. The molecule has 0 unspecified atom stereocenters. The minimum atomic E-state index is 0.000797.